The topological polar surface area (TPSA) is 80.6 Å². The van der Waals surface area contributed by atoms with E-state index >= 15 is 0 Å². The minimum Gasteiger partial charge on any atom is -0.452 e. The van der Waals surface area contributed by atoms with E-state index in [1.165, 1.54) is 0 Å². The van der Waals surface area contributed by atoms with Crippen LogP contribution < -0.4 is 10.0 Å². The lowest BCUT2D eigenvalue weighted by Crippen LogP contribution is -2.32. The Morgan fingerprint density at radius 3 is 2.76 bits per heavy atom. The summed E-state index contributed by atoms with van der Waals surface area (Å²) in [6.45, 7) is 5.12. The second kappa shape index (κ2) is 7.73. The molecule has 0 unspecified atom stereocenters. The van der Waals surface area contributed by atoms with Crippen LogP contribution in [0.25, 0.3) is 0 Å². The molecule has 0 saturated carbocycles. The summed E-state index contributed by atoms with van der Waals surface area (Å²) in [7, 11) is -3.55. The average molecular weight is 381 g/mol. The highest BCUT2D eigenvalue weighted by atomic mass is 79.9. The summed E-state index contributed by atoms with van der Waals surface area (Å²) in [5.41, 5.74) is 0. The van der Waals surface area contributed by atoms with Gasteiger partial charge in [-0.2, -0.15) is 0 Å². The van der Waals surface area contributed by atoms with E-state index in [9.17, 15) is 8.42 Å². The zero-order chi connectivity index (χ0) is 15.3. The van der Waals surface area contributed by atoms with Crippen LogP contribution in [0.5, 0.6) is 0 Å². The van der Waals surface area contributed by atoms with Gasteiger partial charge in [0.15, 0.2) is 4.67 Å². The van der Waals surface area contributed by atoms with Crippen LogP contribution in [0.15, 0.2) is 20.0 Å². The van der Waals surface area contributed by atoms with Gasteiger partial charge >= 0.3 is 0 Å². The Morgan fingerprint density at radius 2 is 2.10 bits per heavy atom. The molecule has 6 nitrogen and oxygen atoms in total. The van der Waals surface area contributed by atoms with Crippen molar-refractivity contribution in [1.29, 1.82) is 0 Å². The molecule has 1 saturated heterocycles. The van der Waals surface area contributed by atoms with E-state index in [4.69, 9.17) is 9.15 Å². The molecular formula is C13H21BrN2O4S. The van der Waals surface area contributed by atoms with Crippen LogP contribution in [0, 0.1) is 5.92 Å². The van der Waals surface area contributed by atoms with Crippen LogP contribution in [-0.2, 0) is 21.3 Å². The standard InChI is InChI=1S/C13H21BrN2O4S/c1-2-15-9-11-7-12(13(14)20-11)21(17,18)16-8-10-3-5-19-6-4-10/h7,10,15-16H,2-6,8-9H2,1H3. The molecule has 2 rings (SSSR count). The van der Waals surface area contributed by atoms with Crippen LogP contribution in [-0.4, -0.2) is 34.7 Å². The molecule has 1 fully saturated rings. The third-order valence-electron chi connectivity index (χ3n) is 3.45. The SMILES string of the molecule is CCNCc1cc(S(=O)(=O)NCC2CCOCC2)c(Br)o1. The molecule has 0 bridgehead atoms. The van der Waals surface area contributed by atoms with Crippen molar-refractivity contribution in [3.63, 3.8) is 0 Å². The summed E-state index contributed by atoms with van der Waals surface area (Å²) in [6, 6.07) is 1.55. The second-order valence-corrected chi connectivity index (χ2v) is 7.49. The normalized spacial score (nSPS) is 17.2. The molecule has 1 aromatic heterocycles. The predicted molar refractivity (Wildman–Crippen MR) is 82.5 cm³/mol. The van der Waals surface area contributed by atoms with Gasteiger partial charge in [0.05, 0.1) is 6.54 Å². The maximum atomic E-state index is 12.3. The third kappa shape index (κ3) is 4.79. The van der Waals surface area contributed by atoms with Gasteiger partial charge in [-0.15, -0.1) is 0 Å². The molecule has 2 heterocycles. The van der Waals surface area contributed by atoms with E-state index in [0.29, 0.717) is 38.0 Å². The quantitative estimate of drug-likeness (QED) is 0.754. The summed E-state index contributed by atoms with van der Waals surface area (Å²) in [6.07, 6.45) is 1.78. The average Bonchev–Trinajstić information content (AvgIpc) is 2.86. The Morgan fingerprint density at radius 1 is 1.38 bits per heavy atom. The van der Waals surface area contributed by atoms with E-state index in [1.54, 1.807) is 6.07 Å². The first-order chi connectivity index (χ1) is 10.0. The molecule has 0 amide bonds. The van der Waals surface area contributed by atoms with Gasteiger partial charge in [0, 0.05) is 25.8 Å². The van der Waals surface area contributed by atoms with Gasteiger partial charge < -0.3 is 14.5 Å². The van der Waals surface area contributed by atoms with Crippen LogP contribution in [0.2, 0.25) is 0 Å². The summed E-state index contributed by atoms with van der Waals surface area (Å²) < 4.78 is 38.2. The minimum atomic E-state index is -3.55. The number of rotatable bonds is 7. The maximum Gasteiger partial charge on any atom is 0.244 e. The fraction of sp³-hybridized carbons (Fsp3) is 0.692. The summed E-state index contributed by atoms with van der Waals surface area (Å²) in [5.74, 6) is 0.926. The Hall–Kier alpha value is -0.410. The molecule has 1 aliphatic heterocycles. The molecule has 2 N–H and O–H groups in total. The predicted octanol–water partition coefficient (Wildman–Crippen LogP) is 1.86. The zero-order valence-electron chi connectivity index (χ0n) is 12.0. The molecule has 1 aromatic rings. The lowest BCUT2D eigenvalue weighted by atomic mass is 10.0. The highest BCUT2D eigenvalue weighted by Crippen LogP contribution is 2.26. The van der Waals surface area contributed by atoms with Gasteiger partial charge in [0.25, 0.3) is 0 Å². The fourth-order valence-corrected chi connectivity index (χ4v) is 4.28. The Labute approximate surface area is 133 Å². The number of sulfonamides is 1. The van der Waals surface area contributed by atoms with Gasteiger partial charge in [-0.25, -0.2) is 13.1 Å². The van der Waals surface area contributed by atoms with Crippen molar-refractivity contribution in [2.75, 3.05) is 26.3 Å². The van der Waals surface area contributed by atoms with Gasteiger partial charge in [0.2, 0.25) is 10.0 Å². The minimum absolute atomic E-state index is 0.155. The lowest BCUT2D eigenvalue weighted by Gasteiger charge is -2.21. The van der Waals surface area contributed by atoms with Crippen molar-refractivity contribution in [2.24, 2.45) is 5.92 Å². The monoisotopic (exact) mass is 380 g/mol. The Bertz CT molecular complexity index is 553. The van der Waals surface area contributed by atoms with Crippen molar-refractivity contribution in [1.82, 2.24) is 10.0 Å². The van der Waals surface area contributed by atoms with Crippen LogP contribution in [0.1, 0.15) is 25.5 Å². The van der Waals surface area contributed by atoms with E-state index in [1.807, 2.05) is 6.92 Å². The molecule has 0 atom stereocenters. The van der Waals surface area contributed by atoms with E-state index < -0.39 is 10.0 Å². The number of hydrogen-bond donors (Lipinski definition) is 2. The van der Waals surface area contributed by atoms with E-state index in [-0.39, 0.29) is 9.56 Å². The first kappa shape index (κ1) is 17.0. The molecule has 8 heteroatoms. The molecule has 0 spiro atoms. The van der Waals surface area contributed by atoms with Gasteiger partial charge in [-0.05, 0) is 41.2 Å². The van der Waals surface area contributed by atoms with Crippen LogP contribution in [0.3, 0.4) is 0 Å². The molecule has 21 heavy (non-hydrogen) atoms. The van der Waals surface area contributed by atoms with Gasteiger partial charge in [0.1, 0.15) is 10.7 Å². The first-order valence-corrected chi connectivity index (χ1v) is 9.37. The van der Waals surface area contributed by atoms with Gasteiger partial charge in [-0.1, -0.05) is 6.92 Å². The van der Waals surface area contributed by atoms with E-state index in [0.717, 1.165) is 19.4 Å². The zero-order valence-corrected chi connectivity index (χ0v) is 14.4. The highest BCUT2D eigenvalue weighted by molar-refractivity contribution is 9.10. The fourth-order valence-electron chi connectivity index (χ4n) is 2.17. The van der Waals surface area contributed by atoms with Crippen molar-refractivity contribution in [3.8, 4) is 0 Å². The first-order valence-electron chi connectivity index (χ1n) is 7.09. The molecule has 0 aliphatic carbocycles. The number of halogens is 1. The number of nitrogens with one attached hydrogen (secondary N) is 2. The maximum absolute atomic E-state index is 12.3. The van der Waals surface area contributed by atoms with Gasteiger partial charge in [-0.3, -0.25) is 0 Å². The Balaban J connectivity index is 1.99. The number of furan rings is 1. The summed E-state index contributed by atoms with van der Waals surface area (Å²) in [4.78, 5) is 0.155. The second-order valence-electron chi connectivity index (χ2n) is 5.04. The molecule has 0 radical (unpaired) electrons. The largest absolute Gasteiger partial charge is 0.452 e. The van der Waals surface area contributed by atoms with Crippen molar-refractivity contribution in [2.45, 2.75) is 31.2 Å². The Kier molecular flexibility index (Phi) is 6.24. The summed E-state index contributed by atoms with van der Waals surface area (Å²) in [5, 5.41) is 3.10. The molecule has 1 aliphatic rings. The highest BCUT2D eigenvalue weighted by Gasteiger charge is 2.24. The third-order valence-corrected chi connectivity index (χ3v) is 5.73. The van der Waals surface area contributed by atoms with Crippen molar-refractivity contribution >= 4 is 26.0 Å². The summed E-state index contributed by atoms with van der Waals surface area (Å²) >= 11 is 3.18. The number of ether oxygens (including phenoxy) is 1. The molecule has 0 aromatic carbocycles. The van der Waals surface area contributed by atoms with Crippen LogP contribution >= 0.6 is 15.9 Å². The molecule has 120 valence electrons. The smallest absolute Gasteiger partial charge is 0.244 e. The molecular weight excluding hydrogens is 360 g/mol. The van der Waals surface area contributed by atoms with Crippen molar-refractivity contribution < 1.29 is 17.6 Å². The lowest BCUT2D eigenvalue weighted by molar-refractivity contribution is 0.0678. The van der Waals surface area contributed by atoms with Crippen molar-refractivity contribution in [3.05, 3.63) is 16.5 Å². The number of hydrogen-bond acceptors (Lipinski definition) is 5. The van der Waals surface area contributed by atoms with Crippen LogP contribution in [0.4, 0.5) is 0 Å². The van der Waals surface area contributed by atoms with E-state index in [2.05, 4.69) is 26.0 Å².